The van der Waals surface area contributed by atoms with Gasteiger partial charge in [-0.1, -0.05) is 0 Å². The van der Waals surface area contributed by atoms with Crippen molar-refractivity contribution in [2.45, 2.75) is 29.4 Å². The molecule has 7 nitrogen and oxygen atoms in total. The molecule has 0 spiro atoms. The molecule has 0 aromatic heterocycles. The van der Waals surface area contributed by atoms with Crippen molar-refractivity contribution in [2.75, 3.05) is 32.3 Å². The number of nitrogens with one attached hydrogen (secondary N) is 1. The summed E-state index contributed by atoms with van der Waals surface area (Å²) in [6.07, 6.45) is -0.625. The van der Waals surface area contributed by atoms with E-state index in [0.29, 0.717) is 0 Å². The zero-order valence-electron chi connectivity index (χ0n) is 14.2. The van der Waals surface area contributed by atoms with Crippen LogP contribution in [0.1, 0.15) is 5.56 Å². The molecule has 25 heavy (non-hydrogen) atoms. The Balaban J connectivity index is 2.30. The SMILES string of the molecule is COC(CNC1CS(=O)(=O)CC1S(=O)(=O)c1ccc(F)c(C)c1)OC. The molecule has 1 fully saturated rings. The van der Waals surface area contributed by atoms with Crippen LogP contribution in [0.3, 0.4) is 0 Å². The third kappa shape index (κ3) is 4.56. The summed E-state index contributed by atoms with van der Waals surface area (Å²) in [4.78, 5) is -0.0877. The van der Waals surface area contributed by atoms with E-state index < -0.39 is 48.8 Å². The van der Waals surface area contributed by atoms with Crippen molar-refractivity contribution >= 4 is 19.7 Å². The molecule has 1 aliphatic rings. The van der Waals surface area contributed by atoms with E-state index in [2.05, 4.69) is 5.32 Å². The van der Waals surface area contributed by atoms with Crippen LogP contribution in [-0.2, 0) is 29.1 Å². The second kappa shape index (κ2) is 7.67. The lowest BCUT2D eigenvalue weighted by molar-refractivity contribution is -0.0995. The molecule has 0 saturated carbocycles. The van der Waals surface area contributed by atoms with Crippen molar-refractivity contribution < 1.29 is 30.7 Å². The summed E-state index contributed by atoms with van der Waals surface area (Å²) < 4.78 is 73.3. The van der Waals surface area contributed by atoms with Crippen molar-refractivity contribution in [3.05, 3.63) is 29.6 Å². The zero-order valence-corrected chi connectivity index (χ0v) is 15.9. The van der Waals surface area contributed by atoms with Crippen LogP contribution in [0, 0.1) is 12.7 Å². The van der Waals surface area contributed by atoms with Gasteiger partial charge in [0.25, 0.3) is 0 Å². The zero-order chi connectivity index (χ0) is 18.8. The Bertz CT molecular complexity index is 820. The minimum absolute atomic E-state index is 0.0877. The number of rotatable bonds is 7. The number of hydrogen-bond donors (Lipinski definition) is 1. The Morgan fingerprint density at radius 3 is 2.48 bits per heavy atom. The lowest BCUT2D eigenvalue weighted by Crippen LogP contribution is -2.46. The van der Waals surface area contributed by atoms with E-state index in [9.17, 15) is 21.2 Å². The van der Waals surface area contributed by atoms with Gasteiger partial charge in [-0.2, -0.15) is 0 Å². The fraction of sp³-hybridized carbons (Fsp3) is 0.600. The van der Waals surface area contributed by atoms with Gasteiger partial charge in [0.15, 0.2) is 26.0 Å². The molecule has 10 heteroatoms. The van der Waals surface area contributed by atoms with Gasteiger partial charge in [0, 0.05) is 26.8 Å². The quantitative estimate of drug-likeness (QED) is 0.523. The molecule has 2 rings (SSSR count). The Labute approximate surface area is 147 Å². The minimum Gasteiger partial charge on any atom is -0.355 e. The minimum atomic E-state index is -3.95. The topological polar surface area (TPSA) is 98.8 Å². The van der Waals surface area contributed by atoms with E-state index in [0.717, 1.165) is 12.1 Å². The van der Waals surface area contributed by atoms with Crippen LogP contribution in [0.5, 0.6) is 0 Å². The van der Waals surface area contributed by atoms with Crippen LogP contribution < -0.4 is 5.32 Å². The largest absolute Gasteiger partial charge is 0.355 e. The van der Waals surface area contributed by atoms with Crippen LogP contribution in [0.4, 0.5) is 4.39 Å². The first-order valence-electron chi connectivity index (χ1n) is 7.60. The molecular formula is C15H22FNO6S2. The molecule has 2 atom stereocenters. The molecule has 0 radical (unpaired) electrons. The van der Waals surface area contributed by atoms with Gasteiger partial charge < -0.3 is 14.8 Å². The molecule has 1 aromatic carbocycles. The first-order valence-corrected chi connectivity index (χ1v) is 11.0. The Hall–Kier alpha value is -1.07. The molecule has 2 unspecified atom stereocenters. The van der Waals surface area contributed by atoms with Crippen LogP contribution in [0.15, 0.2) is 23.1 Å². The highest BCUT2D eigenvalue weighted by molar-refractivity contribution is 7.96. The average Bonchev–Trinajstić information content (AvgIpc) is 2.86. The molecule has 1 aromatic rings. The van der Waals surface area contributed by atoms with Crippen LogP contribution in [0.25, 0.3) is 0 Å². The fourth-order valence-electron chi connectivity index (χ4n) is 2.79. The standard InChI is InChI=1S/C15H22FNO6S2/c1-10-6-11(4-5-12(10)16)25(20,21)14-9-24(18,19)8-13(14)17-7-15(22-2)23-3/h4-6,13-15,17H,7-9H2,1-3H3. The van der Waals surface area contributed by atoms with E-state index in [1.165, 1.54) is 27.2 Å². The van der Waals surface area contributed by atoms with Gasteiger partial charge in [0.05, 0.1) is 21.7 Å². The summed E-state index contributed by atoms with van der Waals surface area (Å²) in [5, 5.41) is 1.75. The Kier molecular flexibility index (Phi) is 6.21. The molecule has 1 N–H and O–H groups in total. The predicted molar refractivity (Wildman–Crippen MR) is 90.4 cm³/mol. The van der Waals surface area contributed by atoms with Crippen LogP contribution in [0.2, 0.25) is 0 Å². The van der Waals surface area contributed by atoms with E-state index in [4.69, 9.17) is 9.47 Å². The highest BCUT2D eigenvalue weighted by Gasteiger charge is 2.45. The van der Waals surface area contributed by atoms with E-state index in [1.54, 1.807) is 0 Å². The maximum absolute atomic E-state index is 13.4. The highest BCUT2D eigenvalue weighted by Crippen LogP contribution is 2.27. The predicted octanol–water partition coefficient (Wildman–Crippen LogP) is 0.282. The Morgan fingerprint density at radius 2 is 1.92 bits per heavy atom. The first-order chi connectivity index (χ1) is 11.6. The van der Waals surface area contributed by atoms with E-state index in [1.807, 2.05) is 0 Å². The van der Waals surface area contributed by atoms with Gasteiger partial charge in [0.1, 0.15) is 5.82 Å². The van der Waals surface area contributed by atoms with Gasteiger partial charge in [-0.15, -0.1) is 0 Å². The number of aryl methyl sites for hydroxylation is 1. The van der Waals surface area contributed by atoms with Crippen LogP contribution in [-0.4, -0.2) is 66.7 Å². The fourth-order valence-corrected chi connectivity index (χ4v) is 7.59. The monoisotopic (exact) mass is 395 g/mol. The number of ether oxygens (including phenoxy) is 2. The van der Waals surface area contributed by atoms with Crippen molar-refractivity contribution in [1.29, 1.82) is 0 Å². The van der Waals surface area contributed by atoms with Gasteiger partial charge in [-0.3, -0.25) is 0 Å². The molecule has 142 valence electrons. The van der Waals surface area contributed by atoms with Gasteiger partial charge >= 0.3 is 0 Å². The van der Waals surface area contributed by atoms with E-state index >= 15 is 0 Å². The number of methoxy groups -OCH3 is 2. The molecule has 1 saturated heterocycles. The van der Waals surface area contributed by atoms with Crippen molar-refractivity contribution in [3.63, 3.8) is 0 Å². The normalized spacial score (nSPS) is 23.2. The van der Waals surface area contributed by atoms with Gasteiger partial charge in [0.2, 0.25) is 0 Å². The molecular weight excluding hydrogens is 373 g/mol. The van der Waals surface area contributed by atoms with Crippen molar-refractivity contribution in [2.24, 2.45) is 0 Å². The summed E-state index contributed by atoms with van der Waals surface area (Å²) in [6.45, 7) is 1.60. The van der Waals surface area contributed by atoms with Gasteiger partial charge in [-0.25, -0.2) is 21.2 Å². The summed E-state index contributed by atoms with van der Waals surface area (Å²) in [6, 6.07) is 2.65. The molecule has 1 heterocycles. The average molecular weight is 395 g/mol. The molecule has 0 aliphatic carbocycles. The Morgan fingerprint density at radius 1 is 1.28 bits per heavy atom. The van der Waals surface area contributed by atoms with E-state index in [-0.39, 0.29) is 22.8 Å². The molecule has 0 amide bonds. The maximum Gasteiger partial charge on any atom is 0.183 e. The second-order valence-electron chi connectivity index (χ2n) is 5.99. The highest BCUT2D eigenvalue weighted by atomic mass is 32.2. The number of sulfone groups is 2. The molecule has 1 aliphatic heterocycles. The number of hydrogen-bond acceptors (Lipinski definition) is 7. The van der Waals surface area contributed by atoms with Crippen molar-refractivity contribution in [3.8, 4) is 0 Å². The number of halogens is 1. The summed E-state index contributed by atoms with van der Waals surface area (Å²) in [5.41, 5.74) is 0.185. The third-order valence-electron chi connectivity index (χ3n) is 4.23. The third-order valence-corrected chi connectivity index (χ3v) is 8.38. The van der Waals surface area contributed by atoms with Crippen LogP contribution >= 0.6 is 0 Å². The lowest BCUT2D eigenvalue weighted by Gasteiger charge is -2.22. The lowest BCUT2D eigenvalue weighted by atomic mass is 10.2. The van der Waals surface area contributed by atoms with Gasteiger partial charge in [-0.05, 0) is 30.7 Å². The summed E-state index contributed by atoms with van der Waals surface area (Å²) in [5.74, 6) is -1.29. The number of benzene rings is 1. The second-order valence-corrected chi connectivity index (χ2v) is 10.3. The molecule has 0 bridgehead atoms. The first kappa shape index (κ1) is 20.2. The maximum atomic E-state index is 13.4. The summed E-state index contributed by atoms with van der Waals surface area (Å²) >= 11 is 0. The summed E-state index contributed by atoms with van der Waals surface area (Å²) in [7, 11) is -4.61. The van der Waals surface area contributed by atoms with Crippen molar-refractivity contribution in [1.82, 2.24) is 5.32 Å². The smallest absolute Gasteiger partial charge is 0.183 e.